The van der Waals surface area contributed by atoms with Crippen molar-refractivity contribution in [2.75, 3.05) is 25.6 Å². The maximum Gasteiger partial charge on any atom is 0.341 e. The summed E-state index contributed by atoms with van der Waals surface area (Å²) in [5.74, 6) is -0.597. The van der Waals surface area contributed by atoms with Gasteiger partial charge in [0.05, 0.1) is 22.3 Å². The van der Waals surface area contributed by atoms with Crippen molar-refractivity contribution in [1.82, 2.24) is 0 Å². The lowest BCUT2D eigenvalue weighted by Gasteiger charge is -2.09. The van der Waals surface area contributed by atoms with Gasteiger partial charge in [-0.1, -0.05) is 30.1 Å². The molecule has 0 fully saturated rings. The lowest BCUT2D eigenvalue weighted by atomic mass is 10.2. The van der Waals surface area contributed by atoms with E-state index >= 15 is 0 Å². The van der Waals surface area contributed by atoms with Gasteiger partial charge in [-0.15, -0.1) is 0 Å². The molecule has 2 N–H and O–H groups in total. The topological polar surface area (TPSA) is 61.5 Å². The molecule has 0 radical (unpaired) electrons. The summed E-state index contributed by atoms with van der Waals surface area (Å²) in [6.07, 6.45) is 0.918. The van der Waals surface area contributed by atoms with Crippen LogP contribution in [-0.2, 0) is 9.47 Å². The van der Waals surface area contributed by atoms with Crippen LogP contribution in [0.3, 0.4) is 0 Å². The Hall–Kier alpha value is -0.970. The van der Waals surface area contributed by atoms with Gasteiger partial charge >= 0.3 is 5.97 Å². The quantitative estimate of drug-likeness (QED) is 0.497. The van der Waals surface area contributed by atoms with Crippen LogP contribution in [0.15, 0.2) is 12.1 Å². The fourth-order valence-electron chi connectivity index (χ4n) is 1.29. The van der Waals surface area contributed by atoms with Crippen molar-refractivity contribution in [2.24, 2.45) is 0 Å². The van der Waals surface area contributed by atoms with E-state index in [2.05, 4.69) is 0 Å². The molecule has 1 aromatic rings. The molecule has 0 saturated heterocycles. The van der Waals surface area contributed by atoms with Crippen LogP contribution in [0, 0.1) is 0 Å². The predicted molar refractivity (Wildman–Crippen MR) is 72.3 cm³/mol. The molecule has 1 rings (SSSR count). The molecular formula is C12H15Cl2NO3. The Morgan fingerprint density at radius 1 is 1.22 bits per heavy atom. The van der Waals surface area contributed by atoms with E-state index < -0.39 is 5.97 Å². The number of anilines is 1. The molecule has 4 nitrogen and oxygen atoms in total. The third kappa shape index (κ3) is 4.05. The van der Waals surface area contributed by atoms with Crippen LogP contribution in [0.5, 0.6) is 0 Å². The Morgan fingerprint density at radius 2 is 1.89 bits per heavy atom. The van der Waals surface area contributed by atoms with E-state index in [-0.39, 0.29) is 27.9 Å². The number of halogens is 2. The van der Waals surface area contributed by atoms with Crippen LogP contribution >= 0.6 is 23.2 Å². The van der Waals surface area contributed by atoms with Crippen LogP contribution in [-0.4, -0.2) is 25.8 Å². The first-order chi connectivity index (χ1) is 8.57. The summed E-state index contributed by atoms with van der Waals surface area (Å²) < 4.78 is 10.2. The summed E-state index contributed by atoms with van der Waals surface area (Å²) in [6.45, 7) is 3.13. The second-order valence-electron chi connectivity index (χ2n) is 3.57. The molecule has 0 aliphatic rings. The van der Waals surface area contributed by atoms with Crippen molar-refractivity contribution in [2.45, 2.75) is 13.3 Å². The largest absolute Gasteiger partial charge is 0.460 e. The molecule has 0 heterocycles. The summed E-state index contributed by atoms with van der Waals surface area (Å²) in [5.41, 5.74) is 5.91. The zero-order valence-electron chi connectivity index (χ0n) is 10.0. The second kappa shape index (κ2) is 7.46. The number of hydrogen-bond acceptors (Lipinski definition) is 4. The number of ether oxygens (including phenoxy) is 2. The molecule has 1 aromatic carbocycles. The summed E-state index contributed by atoms with van der Waals surface area (Å²) in [7, 11) is 0. The highest BCUT2D eigenvalue weighted by atomic mass is 35.5. The number of nitrogen functional groups attached to an aromatic ring is 1. The SMILES string of the molecule is CCCOCCOC(=O)c1c(Cl)ccc(Cl)c1N. The van der Waals surface area contributed by atoms with Gasteiger partial charge in [-0.05, 0) is 18.6 Å². The third-order valence-corrected chi connectivity index (χ3v) is 2.80. The fourth-order valence-corrected chi connectivity index (χ4v) is 1.69. The Balaban J connectivity index is 2.59. The van der Waals surface area contributed by atoms with Gasteiger partial charge in [0.15, 0.2) is 0 Å². The van der Waals surface area contributed by atoms with Crippen LogP contribution in [0.2, 0.25) is 10.0 Å². The van der Waals surface area contributed by atoms with Crippen molar-refractivity contribution >= 4 is 34.9 Å². The molecule has 0 unspecified atom stereocenters. The average Bonchev–Trinajstić information content (AvgIpc) is 2.34. The van der Waals surface area contributed by atoms with Crippen LogP contribution in [0.1, 0.15) is 23.7 Å². The van der Waals surface area contributed by atoms with Crippen molar-refractivity contribution in [3.8, 4) is 0 Å². The first kappa shape index (κ1) is 15.1. The molecule has 0 atom stereocenters. The van der Waals surface area contributed by atoms with E-state index in [1.807, 2.05) is 6.92 Å². The smallest absolute Gasteiger partial charge is 0.341 e. The van der Waals surface area contributed by atoms with Gasteiger partial charge in [0.2, 0.25) is 0 Å². The molecular weight excluding hydrogens is 277 g/mol. The van der Waals surface area contributed by atoms with E-state index in [4.69, 9.17) is 38.4 Å². The number of esters is 1. The normalized spacial score (nSPS) is 10.4. The second-order valence-corrected chi connectivity index (χ2v) is 4.38. The molecule has 0 aliphatic carbocycles. The number of benzene rings is 1. The molecule has 0 amide bonds. The number of hydrogen-bond donors (Lipinski definition) is 1. The van der Waals surface area contributed by atoms with Gasteiger partial charge < -0.3 is 15.2 Å². The third-order valence-electron chi connectivity index (χ3n) is 2.15. The van der Waals surface area contributed by atoms with Gasteiger partial charge in [0, 0.05) is 6.61 Å². The number of carbonyl (C=O) groups is 1. The molecule has 6 heteroatoms. The minimum atomic E-state index is -0.597. The Bertz CT molecular complexity index is 424. The number of nitrogens with two attached hydrogens (primary N) is 1. The standard InChI is InChI=1S/C12H15Cl2NO3/c1-2-5-17-6-7-18-12(16)10-8(13)3-4-9(14)11(10)15/h3-4H,2,5-7,15H2,1H3. The number of rotatable bonds is 6. The van der Waals surface area contributed by atoms with E-state index in [9.17, 15) is 4.79 Å². The zero-order valence-corrected chi connectivity index (χ0v) is 11.6. The molecule has 0 saturated carbocycles. The van der Waals surface area contributed by atoms with Crippen molar-refractivity contribution in [1.29, 1.82) is 0 Å². The highest BCUT2D eigenvalue weighted by Crippen LogP contribution is 2.29. The monoisotopic (exact) mass is 291 g/mol. The van der Waals surface area contributed by atoms with Crippen molar-refractivity contribution in [3.63, 3.8) is 0 Å². The first-order valence-electron chi connectivity index (χ1n) is 5.56. The summed E-state index contributed by atoms with van der Waals surface area (Å²) in [4.78, 5) is 11.8. The van der Waals surface area contributed by atoms with E-state index in [1.165, 1.54) is 12.1 Å². The van der Waals surface area contributed by atoms with Gasteiger partial charge in [-0.3, -0.25) is 0 Å². The van der Waals surface area contributed by atoms with Gasteiger partial charge in [0.1, 0.15) is 12.2 Å². The summed E-state index contributed by atoms with van der Waals surface area (Å²) in [6, 6.07) is 3.03. The van der Waals surface area contributed by atoms with Gasteiger partial charge in [0.25, 0.3) is 0 Å². The molecule has 0 aliphatic heterocycles. The fraction of sp³-hybridized carbons (Fsp3) is 0.417. The van der Waals surface area contributed by atoms with E-state index in [0.717, 1.165) is 6.42 Å². The Morgan fingerprint density at radius 3 is 2.56 bits per heavy atom. The minimum Gasteiger partial charge on any atom is -0.460 e. The predicted octanol–water partition coefficient (Wildman–Crippen LogP) is 3.16. The lowest BCUT2D eigenvalue weighted by molar-refractivity contribution is 0.0320. The minimum absolute atomic E-state index is 0.0969. The lowest BCUT2D eigenvalue weighted by Crippen LogP contribution is -2.13. The molecule has 18 heavy (non-hydrogen) atoms. The van der Waals surface area contributed by atoms with Crippen LogP contribution < -0.4 is 5.73 Å². The number of carbonyl (C=O) groups excluding carboxylic acids is 1. The van der Waals surface area contributed by atoms with Crippen molar-refractivity contribution in [3.05, 3.63) is 27.7 Å². The van der Waals surface area contributed by atoms with Crippen LogP contribution in [0.25, 0.3) is 0 Å². The summed E-state index contributed by atoms with van der Waals surface area (Å²) in [5, 5.41) is 0.491. The zero-order chi connectivity index (χ0) is 13.5. The molecule has 0 aromatic heterocycles. The maximum absolute atomic E-state index is 11.8. The van der Waals surface area contributed by atoms with E-state index in [1.54, 1.807) is 0 Å². The Labute approximate surface area is 116 Å². The molecule has 100 valence electrons. The van der Waals surface area contributed by atoms with Crippen LogP contribution in [0.4, 0.5) is 5.69 Å². The highest BCUT2D eigenvalue weighted by molar-refractivity contribution is 6.38. The molecule has 0 bridgehead atoms. The maximum atomic E-state index is 11.8. The van der Waals surface area contributed by atoms with E-state index in [0.29, 0.717) is 13.2 Å². The van der Waals surface area contributed by atoms with Crippen molar-refractivity contribution < 1.29 is 14.3 Å². The Kier molecular flexibility index (Phi) is 6.25. The first-order valence-corrected chi connectivity index (χ1v) is 6.31. The van der Waals surface area contributed by atoms with Gasteiger partial charge in [-0.2, -0.15) is 0 Å². The highest BCUT2D eigenvalue weighted by Gasteiger charge is 2.17. The average molecular weight is 292 g/mol. The molecule has 0 spiro atoms. The summed E-state index contributed by atoms with van der Waals surface area (Å²) >= 11 is 11.7. The van der Waals surface area contributed by atoms with Gasteiger partial charge in [-0.25, -0.2) is 4.79 Å².